The summed E-state index contributed by atoms with van der Waals surface area (Å²) in [6.45, 7) is 1.80. The molecule has 0 aliphatic carbocycles. The number of carbonyl (C=O) groups excluding carboxylic acids is 1. The van der Waals surface area contributed by atoms with Crippen molar-refractivity contribution in [2.75, 3.05) is 16.6 Å². The molecule has 27 heavy (non-hydrogen) atoms. The summed E-state index contributed by atoms with van der Waals surface area (Å²) in [4.78, 5) is 12.5. The molecule has 2 aromatic rings. The highest BCUT2D eigenvalue weighted by Gasteiger charge is 2.42. The number of carbonyl (C=O) groups is 1. The SMILES string of the molecule is Cc1ccc(NC(=O)C2CNNC2S(=O)(=O)Nc2ccc(Cl)cc2)c(F)c1. The van der Waals surface area contributed by atoms with Crippen LogP contribution in [0.4, 0.5) is 15.8 Å². The zero-order chi connectivity index (χ0) is 19.6. The molecule has 2 atom stereocenters. The third-order valence-electron chi connectivity index (χ3n) is 4.09. The van der Waals surface area contributed by atoms with E-state index in [-0.39, 0.29) is 12.2 Å². The van der Waals surface area contributed by atoms with Gasteiger partial charge >= 0.3 is 0 Å². The molecule has 3 rings (SSSR count). The number of sulfonamides is 1. The van der Waals surface area contributed by atoms with Crippen molar-refractivity contribution in [2.45, 2.75) is 12.3 Å². The van der Waals surface area contributed by atoms with Crippen LogP contribution in [0.2, 0.25) is 5.02 Å². The van der Waals surface area contributed by atoms with E-state index >= 15 is 0 Å². The smallest absolute Gasteiger partial charge is 0.250 e. The predicted molar refractivity (Wildman–Crippen MR) is 102 cm³/mol. The highest BCUT2D eigenvalue weighted by molar-refractivity contribution is 7.93. The van der Waals surface area contributed by atoms with E-state index in [2.05, 4.69) is 20.9 Å². The zero-order valence-electron chi connectivity index (χ0n) is 14.3. The molecule has 1 aliphatic rings. The number of anilines is 2. The molecule has 1 heterocycles. The van der Waals surface area contributed by atoms with Crippen molar-refractivity contribution in [1.82, 2.24) is 10.9 Å². The van der Waals surface area contributed by atoms with Crippen molar-refractivity contribution in [1.29, 1.82) is 0 Å². The summed E-state index contributed by atoms with van der Waals surface area (Å²) in [5.41, 5.74) is 6.28. The molecule has 1 fully saturated rings. The quantitative estimate of drug-likeness (QED) is 0.603. The van der Waals surface area contributed by atoms with Gasteiger partial charge in [0.15, 0.2) is 5.37 Å². The number of hydrogen-bond acceptors (Lipinski definition) is 5. The molecule has 0 saturated carbocycles. The summed E-state index contributed by atoms with van der Waals surface area (Å²) in [7, 11) is -3.95. The van der Waals surface area contributed by atoms with Gasteiger partial charge in [-0.2, -0.15) is 0 Å². The van der Waals surface area contributed by atoms with Gasteiger partial charge in [-0.3, -0.25) is 14.9 Å². The monoisotopic (exact) mass is 412 g/mol. The van der Waals surface area contributed by atoms with E-state index in [0.29, 0.717) is 16.3 Å². The lowest BCUT2D eigenvalue weighted by molar-refractivity contribution is -0.119. The average molecular weight is 413 g/mol. The molecule has 0 radical (unpaired) electrons. The van der Waals surface area contributed by atoms with Crippen molar-refractivity contribution >= 4 is 38.9 Å². The van der Waals surface area contributed by atoms with Gasteiger partial charge in [-0.05, 0) is 48.9 Å². The fourth-order valence-electron chi connectivity index (χ4n) is 2.69. The minimum atomic E-state index is -3.95. The molecule has 1 amide bonds. The van der Waals surface area contributed by atoms with Crippen molar-refractivity contribution in [2.24, 2.45) is 5.92 Å². The van der Waals surface area contributed by atoms with E-state index in [4.69, 9.17) is 11.6 Å². The number of aryl methyl sites for hydroxylation is 1. The maximum Gasteiger partial charge on any atom is 0.250 e. The van der Waals surface area contributed by atoms with Crippen LogP contribution < -0.4 is 20.9 Å². The van der Waals surface area contributed by atoms with Crippen LogP contribution in [0.5, 0.6) is 0 Å². The summed E-state index contributed by atoms with van der Waals surface area (Å²) in [6, 6.07) is 10.5. The lowest BCUT2D eigenvalue weighted by atomic mass is 10.1. The highest BCUT2D eigenvalue weighted by Crippen LogP contribution is 2.22. The molecule has 0 spiro atoms. The molecule has 0 aromatic heterocycles. The summed E-state index contributed by atoms with van der Waals surface area (Å²) >= 11 is 5.79. The number of rotatable bonds is 5. The van der Waals surface area contributed by atoms with Crippen molar-refractivity contribution in [3.05, 3.63) is 58.9 Å². The molecule has 4 N–H and O–H groups in total. The third kappa shape index (κ3) is 4.56. The second-order valence-corrected chi connectivity index (χ2v) is 8.42. The van der Waals surface area contributed by atoms with Crippen LogP contribution in [0.1, 0.15) is 5.56 Å². The van der Waals surface area contributed by atoms with Crippen LogP contribution in [-0.2, 0) is 14.8 Å². The Bertz CT molecular complexity index is 953. The number of halogens is 2. The van der Waals surface area contributed by atoms with Gasteiger partial charge in [0.1, 0.15) is 5.82 Å². The van der Waals surface area contributed by atoms with Crippen LogP contribution in [0.3, 0.4) is 0 Å². The molecular formula is C17H18ClFN4O3S. The van der Waals surface area contributed by atoms with Crippen LogP contribution in [0, 0.1) is 18.7 Å². The van der Waals surface area contributed by atoms with Gasteiger partial charge in [-0.15, -0.1) is 0 Å². The van der Waals surface area contributed by atoms with Gasteiger partial charge in [0.05, 0.1) is 11.6 Å². The maximum atomic E-state index is 14.0. The lowest BCUT2D eigenvalue weighted by Gasteiger charge is -2.19. The predicted octanol–water partition coefficient (Wildman–Crippen LogP) is 2.22. The lowest BCUT2D eigenvalue weighted by Crippen LogP contribution is -2.45. The number of benzene rings is 2. The number of hydrazine groups is 1. The Morgan fingerprint density at radius 3 is 2.59 bits per heavy atom. The maximum absolute atomic E-state index is 14.0. The van der Waals surface area contributed by atoms with Crippen LogP contribution in [-0.4, -0.2) is 26.2 Å². The van der Waals surface area contributed by atoms with E-state index in [1.165, 1.54) is 24.3 Å². The van der Waals surface area contributed by atoms with Gasteiger partial charge in [0.25, 0.3) is 10.0 Å². The summed E-state index contributed by atoms with van der Waals surface area (Å²) in [5.74, 6) is -2.15. The van der Waals surface area contributed by atoms with Crippen LogP contribution in [0.25, 0.3) is 0 Å². The summed E-state index contributed by atoms with van der Waals surface area (Å²) in [5, 5.41) is 1.68. The number of hydrogen-bond donors (Lipinski definition) is 4. The van der Waals surface area contributed by atoms with E-state index in [1.807, 2.05) is 0 Å². The first-order chi connectivity index (χ1) is 12.8. The Kier molecular flexibility index (Phi) is 5.66. The summed E-state index contributed by atoms with van der Waals surface area (Å²) in [6.07, 6.45) is 0. The number of amides is 1. The number of nitrogens with one attached hydrogen (secondary N) is 4. The molecule has 144 valence electrons. The minimum Gasteiger partial charge on any atom is -0.323 e. The largest absolute Gasteiger partial charge is 0.323 e. The Morgan fingerprint density at radius 2 is 1.93 bits per heavy atom. The fourth-order valence-corrected chi connectivity index (χ4v) is 4.30. The Morgan fingerprint density at radius 1 is 1.22 bits per heavy atom. The van der Waals surface area contributed by atoms with Gasteiger partial charge in [0.2, 0.25) is 5.91 Å². The second-order valence-electron chi connectivity index (χ2n) is 6.18. The molecule has 1 aliphatic heterocycles. The van der Waals surface area contributed by atoms with E-state index in [0.717, 1.165) is 0 Å². The fraction of sp³-hybridized carbons (Fsp3) is 0.235. The van der Waals surface area contributed by atoms with E-state index in [9.17, 15) is 17.6 Å². The topological polar surface area (TPSA) is 99.3 Å². The Balaban J connectivity index is 1.75. The molecular weight excluding hydrogens is 395 g/mol. The standard InChI is InChI=1S/C17H18ClFN4O3S/c1-10-2-7-15(14(19)8-10)21-16(24)13-9-20-22-17(13)27(25,26)23-12-5-3-11(18)4-6-12/h2-8,13,17,20,22-23H,9H2,1H3,(H,21,24). The van der Waals surface area contributed by atoms with E-state index in [1.54, 1.807) is 25.1 Å². The molecule has 2 aromatic carbocycles. The van der Waals surface area contributed by atoms with Gasteiger partial charge < -0.3 is 5.32 Å². The zero-order valence-corrected chi connectivity index (χ0v) is 15.9. The van der Waals surface area contributed by atoms with Gasteiger partial charge in [-0.1, -0.05) is 17.7 Å². The van der Waals surface area contributed by atoms with Gasteiger partial charge in [0, 0.05) is 17.3 Å². The Hall–Kier alpha value is -2.20. The molecule has 2 unspecified atom stereocenters. The van der Waals surface area contributed by atoms with Crippen molar-refractivity contribution in [3.8, 4) is 0 Å². The van der Waals surface area contributed by atoms with Crippen LogP contribution in [0.15, 0.2) is 42.5 Å². The Labute approximate surface area is 161 Å². The van der Waals surface area contributed by atoms with Crippen LogP contribution >= 0.6 is 11.6 Å². The molecule has 7 nitrogen and oxygen atoms in total. The van der Waals surface area contributed by atoms with Crippen molar-refractivity contribution in [3.63, 3.8) is 0 Å². The minimum absolute atomic E-state index is 0.000640. The molecule has 1 saturated heterocycles. The van der Waals surface area contributed by atoms with Crippen molar-refractivity contribution < 1.29 is 17.6 Å². The first kappa shape index (κ1) is 19.6. The normalized spacial score (nSPS) is 19.7. The first-order valence-corrected chi connectivity index (χ1v) is 10.0. The second kappa shape index (κ2) is 7.81. The summed E-state index contributed by atoms with van der Waals surface area (Å²) < 4.78 is 41.7. The average Bonchev–Trinajstić information content (AvgIpc) is 3.10. The van der Waals surface area contributed by atoms with E-state index < -0.39 is 33.0 Å². The first-order valence-electron chi connectivity index (χ1n) is 8.09. The highest BCUT2D eigenvalue weighted by atomic mass is 35.5. The van der Waals surface area contributed by atoms with Gasteiger partial charge in [-0.25, -0.2) is 18.2 Å². The third-order valence-corrected chi connectivity index (χ3v) is 5.98. The molecule has 10 heteroatoms. The molecule has 0 bridgehead atoms.